The van der Waals surface area contributed by atoms with Gasteiger partial charge in [-0.2, -0.15) is 0 Å². The molecule has 0 aromatic carbocycles. The molecule has 0 spiro atoms. The first-order valence-electron chi connectivity index (χ1n) is 31.7. The minimum absolute atomic E-state index is 0.133. The largest absolute Gasteiger partial charge is 0.462 e. The van der Waals surface area contributed by atoms with E-state index in [-0.39, 0.29) is 38.0 Å². The van der Waals surface area contributed by atoms with Gasteiger partial charge in [0.1, 0.15) is 13.2 Å². The molecule has 0 aromatic rings. The highest BCUT2D eigenvalue weighted by molar-refractivity contribution is 5.71. The summed E-state index contributed by atoms with van der Waals surface area (Å²) in [4.78, 5) is 38.2. The lowest BCUT2D eigenvalue weighted by molar-refractivity contribution is -0.166. The molecule has 0 amide bonds. The molecule has 436 valence electrons. The van der Waals surface area contributed by atoms with Crippen molar-refractivity contribution >= 4 is 17.9 Å². The maximum atomic E-state index is 12.9. The Kier molecular flexibility index (Phi) is 60.4. The van der Waals surface area contributed by atoms with Crippen LogP contribution in [-0.2, 0) is 28.6 Å². The number of unbranched alkanes of at least 4 members (excludes halogenated alkanes) is 23. The van der Waals surface area contributed by atoms with Crippen LogP contribution in [0.15, 0.2) is 134 Å². The fourth-order valence-corrected chi connectivity index (χ4v) is 8.45. The number of esters is 3. The van der Waals surface area contributed by atoms with Gasteiger partial charge >= 0.3 is 17.9 Å². The third-order valence-corrected chi connectivity index (χ3v) is 13.2. The summed E-state index contributed by atoms with van der Waals surface area (Å²) >= 11 is 0. The van der Waals surface area contributed by atoms with Crippen LogP contribution in [0.1, 0.15) is 278 Å². The lowest BCUT2D eigenvalue weighted by Crippen LogP contribution is -2.30. The SMILES string of the molecule is CC/C=C\C/C=C\C/C=C\C/C=C\C/C=C\C/C=C\CCC(=O)OC[C@H](COC(=O)CCCCCCCCCCCCCCCCCCCCCCC)OC(=O)CC/C=C\C/C=C\C/C=C\C/C=C\C/C=C\CCCCC. The van der Waals surface area contributed by atoms with Crippen LogP contribution >= 0.6 is 0 Å². The maximum absolute atomic E-state index is 12.9. The first-order chi connectivity index (χ1) is 38.0. The summed E-state index contributed by atoms with van der Waals surface area (Å²) in [5.74, 6) is -1.10. The zero-order valence-corrected chi connectivity index (χ0v) is 49.9. The molecule has 0 N–H and O–H groups in total. The Labute approximate surface area is 475 Å². The van der Waals surface area contributed by atoms with Crippen molar-refractivity contribution in [2.75, 3.05) is 13.2 Å². The van der Waals surface area contributed by atoms with Crippen molar-refractivity contribution in [1.82, 2.24) is 0 Å². The van der Waals surface area contributed by atoms with Crippen molar-refractivity contribution in [3.63, 3.8) is 0 Å². The molecule has 77 heavy (non-hydrogen) atoms. The monoisotopic (exact) mass is 1060 g/mol. The van der Waals surface area contributed by atoms with Gasteiger partial charge in [-0.15, -0.1) is 0 Å². The Morgan fingerprint density at radius 1 is 0.273 bits per heavy atom. The van der Waals surface area contributed by atoms with E-state index in [0.29, 0.717) is 19.3 Å². The van der Waals surface area contributed by atoms with Crippen LogP contribution in [0.3, 0.4) is 0 Å². The Hall–Kier alpha value is -4.45. The second-order valence-corrected chi connectivity index (χ2v) is 20.6. The number of allylic oxidation sites excluding steroid dienone is 22. The number of carbonyl (C=O) groups excluding carboxylic acids is 3. The average molecular weight is 1070 g/mol. The quantitative estimate of drug-likeness (QED) is 0.0261. The van der Waals surface area contributed by atoms with E-state index in [4.69, 9.17) is 14.2 Å². The van der Waals surface area contributed by atoms with E-state index in [1.54, 1.807) is 0 Å². The lowest BCUT2D eigenvalue weighted by Gasteiger charge is -2.18. The molecule has 0 saturated heterocycles. The molecule has 0 aromatic heterocycles. The Morgan fingerprint density at radius 2 is 0.532 bits per heavy atom. The molecule has 0 bridgehead atoms. The van der Waals surface area contributed by atoms with Crippen molar-refractivity contribution in [1.29, 1.82) is 0 Å². The van der Waals surface area contributed by atoms with Gasteiger partial charge in [-0.25, -0.2) is 0 Å². The molecule has 0 unspecified atom stereocenters. The maximum Gasteiger partial charge on any atom is 0.306 e. The van der Waals surface area contributed by atoms with E-state index < -0.39 is 12.1 Å². The molecule has 0 heterocycles. The van der Waals surface area contributed by atoms with Crippen LogP contribution in [0, 0.1) is 0 Å². The van der Waals surface area contributed by atoms with Crippen LogP contribution < -0.4 is 0 Å². The first kappa shape index (κ1) is 72.5. The normalized spacial score (nSPS) is 13.0. The highest BCUT2D eigenvalue weighted by atomic mass is 16.6. The molecule has 0 aliphatic rings. The summed E-state index contributed by atoms with van der Waals surface area (Å²) in [6, 6.07) is 0. The fourth-order valence-electron chi connectivity index (χ4n) is 8.45. The Morgan fingerprint density at radius 3 is 0.870 bits per heavy atom. The third-order valence-electron chi connectivity index (χ3n) is 13.2. The van der Waals surface area contributed by atoms with Crippen LogP contribution in [0.4, 0.5) is 0 Å². The highest BCUT2D eigenvalue weighted by Crippen LogP contribution is 2.16. The van der Waals surface area contributed by atoms with E-state index >= 15 is 0 Å². The lowest BCUT2D eigenvalue weighted by atomic mass is 10.0. The zero-order chi connectivity index (χ0) is 55.7. The summed E-state index contributed by atoms with van der Waals surface area (Å²) in [6.07, 6.45) is 90.5. The number of hydrogen-bond acceptors (Lipinski definition) is 6. The smallest absolute Gasteiger partial charge is 0.306 e. The van der Waals surface area contributed by atoms with Crippen molar-refractivity contribution in [2.45, 2.75) is 284 Å². The van der Waals surface area contributed by atoms with Gasteiger partial charge in [0.2, 0.25) is 0 Å². The van der Waals surface area contributed by atoms with E-state index in [2.05, 4.69) is 130 Å². The van der Waals surface area contributed by atoms with Crippen LogP contribution in [-0.4, -0.2) is 37.2 Å². The molecule has 6 nitrogen and oxygen atoms in total. The predicted octanol–water partition coefficient (Wildman–Crippen LogP) is 21.8. The summed E-state index contributed by atoms with van der Waals surface area (Å²) in [5, 5.41) is 0. The van der Waals surface area contributed by atoms with Crippen LogP contribution in [0.5, 0.6) is 0 Å². The topological polar surface area (TPSA) is 78.9 Å². The Bertz CT molecular complexity index is 1650. The summed E-state index contributed by atoms with van der Waals surface area (Å²) < 4.78 is 16.8. The van der Waals surface area contributed by atoms with Gasteiger partial charge in [0, 0.05) is 19.3 Å². The van der Waals surface area contributed by atoms with Crippen LogP contribution in [0.2, 0.25) is 0 Å². The molecular formula is C71H116O6. The standard InChI is InChI=1S/C71H116O6/c1-4-7-10-13-16-19-22-25-28-31-34-35-38-40-43-46-49-52-55-58-61-64-70(73)76-67-68(77-71(74)65-62-59-56-53-50-47-44-41-37-33-30-27-24-21-18-15-12-9-6-3)66-75-69(72)63-60-57-54-51-48-45-42-39-36-32-29-26-23-20-17-14-11-8-5-2/h8,11,17-18,20-21,26-27,29-30,36-37,39,41,45,47-48,50,54,56-57,59,68H,4-7,9-10,12-16,19,22-25,28,31-35,38,40,42-44,46,49,51-53,55,58,60-67H2,1-3H3/b11-8-,20-17-,21-18-,29-26-,30-27-,39-36-,41-37-,48-45-,50-47-,57-54-,59-56-/t68-/m1/s1. The predicted molar refractivity (Wildman–Crippen MR) is 334 cm³/mol. The van der Waals surface area contributed by atoms with Crippen molar-refractivity contribution < 1.29 is 28.6 Å². The van der Waals surface area contributed by atoms with Crippen molar-refractivity contribution in [3.05, 3.63) is 134 Å². The third kappa shape index (κ3) is 62.3. The first-order valence-corrected chi connectivity index (χ1v) is 31.7. The molecule has 0 saturated carbocycles. The number of carbonyl (C=O) groups is 3. The fraction of sp³-hybridized carbons (Fsp3) is 0.648. The van der Waals surface area contributed by atoms with Gasteiger partial charge in [-0.3, -0.25) is 14.4 Å². The molecule has 0 aliphatic carbocycles. The second kappa shape index (κ2) is 64.1. The molecule has 0 rings (SSSR count). The number of rotatable bonds is 56. The number of hydrogen-bond donors (Lipinski definition) is 0. The molecule has 6 heteroatoms. The van der Waals surface area contributed by atoms with Crippen LogP contribution in [0.25, 0.3) is 0 Å². The van der Waals surface area contributed by atoms with Gasteiger partial charge in [0.25, 0.3) is 0 Å². The minimum Gasteiger partial charge on any atom is -0.462 e. The Balaban J connectivity index is 4.57. The highest BCUT2D eigenvalue weighted by Gasteiger charge is 2.19. The second-order valence-electron chi connectivity index (χ2n) is 20.6. The molecule has 1 atom stereocenters. The molecule has 0 aliphatic heterocycles. The van der Waals surface area contributed by atoms with Gasteiger partial charge in [0.15, 0.2) is 6.10 Å². The van der Waals surface area contributed by atoms with E-state index in [1.807, 2.05) is 24.3 Å². The number of ether oxygens (including phenoxy) is 3. The van der Waals surface area contributed by atoms with Gasteiger partial charge in [-0.1, -0.05) is 296 Å². The van der Waals surface area contributed by atoms with E-state index in [1.165, 1.54) is 141 Å². The van der Waals surface area contributed by atoms with Crippen molar-refractivity contribution in [3.8, 4) is 0 Å². The average Bonchev–Trinajstić information content (AvgIpc) is 3.43. The van der Waals surface area contributed by atoms with Gasteiger partial charge in [-0.05, 0) is 96.3 Å². The van der Waals surface area contributed by atoms with Gasteiger partial charge < -0.3 is 14.2 Å². The molecule has 0 fully saturated rings. The zero-order valence-electron chi connectivity index (χ0n) is 49.9. The van der Waals surface area contributed by atoms with Crippen molar-refractivity contribution in [2.24, 2.45) is 0 Å². The summed E-state index contributed by atoms with van der Waals surface area (Å²) in [6.45, 7) is 6.39. The van der Waals surface area contributed by atoms with E-state index in [0.717, 1.165) is 83.5 Å². The van der Waals surface area contributed by atoms with E-state index in [9.17, 15) is 14.4 Å². The molecule has 0 radical (unpaired) electrons. The minimum atomic E-state index is -0.853. The summed E-state index contributed by atoms with van der Waals surface area (Å²) in [5.41, 5.74) is 0. The van der Waals surface area contributed by atoms with Gasteiger partial charge in [0.05, 0.1) is 0 Å². The molecular weight excluding hydrogens is 949 g/mol. The summed E-state index contributed by atoms with van der Waals surface area (Å²) in [7, 11) is 0.